The first kappa shape index (κ1) is 17.8. The summed E-state index contributed by atoms with van der Waals surface area (Å²) in [4.78, 5) is 14.1. The number of hydrogen-bond acceptors (Lipinski definition) is 6. The minimum atomic E-state index is -0.311. The Hall–Kier alpha value is -2.96. The van der Waals surface area contributed by atoms with Crippen LogP contribution in [0.3, 0.4) is 0 Å². The van der Waals surface area contributed by atoms with Crippen LogP contribution in [0.1, 0.15) is 25.3 Å². The molecule has 0 radical (unpaired) electrons. The van der Waals surface area contributed by atoms with Gasteiger partial charge in [-0.3, -0.25) is 0 Å². The summed E-state index contributed by atoms with van der Waals surface area (Å²) in [6.07, 6.45) is 3.26. The van der Waals surface area contributed by atoms with Crippen LogP contribution in [0.15, 0.2) is 36.7 Å². The maximum atomic E-state index is 13.7. The number of unbranched alkanes of at least 4 members (excludes halogenated alkanes) is 1. The number of pyridine rings is 1. The third-order valence-corrected chi connectivity index (χ3v) is 4.02. The van der Waals surface area contributed by atoms with Gasteiger partial charge in [-0.1, -0.05) is 13.3 Å². The minimum absolute atomic E-state index is 0.167. The number of aromatic hydroxyl groups is 1. The first-order chi connectivity index (χ1) is 12.6. The highest BCUT2D eigenvalue weighted by Crippen LogP contribution is 2.25. The first-order valence-electron chi connectivity index (χ1n) is 8.51. The molecule has 7 heteroatoms. The fraction of sp³-hybridized carbons (Fsp3) is 0.316. The topological polar surface area (TPSA) is 71.4 Å². The maximum absolute atomic E-state index is 13.7. The van der Waals surface area contributed by atoms with Gasteiger partial charge in [0.2, 0.25) is 5.88 Å². The molecule has 0 unspecified atom stereocenters. The van der Waals surface area contributed by atoms with E-state index in [2.05, 4.69) is 21.9 Å². The van der Waals surface area contributed by atoms with Crippen molar-refractivity contribution in [3.63, 3.8) is 0 Å². The van der Waals surface area contributed by atoms with Crippen molar-refractivity contribution in [3.8, 4) is 11.6 Å². The summed E-state index contributed by atoms with van der Waals surface area (Å²) < 4.78 is 19.5. The lowest BCUT2D eigenvalue weighted by Gasteiger charge is -2.20. The van der Waals surface area contributed by atoms with Gasteiger partial charge in [0.1, 0.15) is 23.7 Å². The highest BCUT2D eigenvalue weighted by atomic mass is 19.1. The van der Waals surface area contributed by atoms with Crippen LogP contribution in [-0.4, -0.2) is 33.7 Å². The van der Waals surface area contributed by atoms with E-state index in [1.165, 1.54) is 18.5 Å². The molecule has 26 heavy (non-hydrogen) atoms. The molecule has 3 rings (SSSR count). The van der Waals surface area contributed by atoms with Gasteiger partial charge in [-0.25, -0.2) is 19.3 Å². The summed E-state index contributed by atoms with van der Waals surface area (Å²) in [5.74, 6) is 0.804. The fourth-order valence-electron chi connectivity index (χ4n) is 2.61. The van der Waals surface area contributed by atoms with E-state index in [9.17, 15) is 9.50 Å². The molecule has 0 bridgehead atoms. The van der Waals surface area contributed by atoms with Crippen molar-refractivity contribution in [3.05, 3.63) is 48.0 Å². The number of nitrogens with zero attached hydrogens (tertiary/aromatic N) is 4. The second-order valence-corrected chi connectivity index (χ2v) is 6.04. The number of ether oxygens (including phenoxy) is 1. The molecule has 6 nitrogen and oxygen atoms in total. The van der Waals surface area contributed by atoms with E-state index in [0.717, 1.165) is 18.4 Å². The molecule has 0 saturated heterocycles. The second kappa shape index (κ2) is 7.95. The van der Waals surface area contributed by atoms with Crippen LogP contribution in [-0.2, 0) is 6.54 Å². The van der Waals surface area contributed by atoms with Crippen LogP contribution in [0.2, 0.25) is 0 Å². The van der Waals surface area contributed by atoms with Gasteiger partial charge in [-0.15, -0.1) is 0 Å². The standard InChI is InChI=1S/C19H21FN4O2/c1-3-4-9-26-16-7-5-14(20)10-13(16)11-24(2)17-8-6-15-18(23-17)19(25)22-12-21-15/h5-8,10,12H,3-4,9,11H2,1-2H3,(H,21,22,25). The predicted octanol–water partition coefficient (Wildman–Crippen LogP) is 3.68. The third-order valence-electron chi connectivity index (χ3n) is 4.02. The SMILES string of the molecule is CCCCOc1ccc(F)cc1CN(C)c1ccc2ncnc(O)c2n1. The van der Waals surface area contributed by atoms with E-state index in [4.69, 9.17) is 4.74 Å². The van der Waals surface area contributed by atoms with Crippen LogP contribution in [0, 0.1) is 5.82 Å². The van der Waals surface area contributed by atoms with Gasteiger partial charge >= 0.3 is 0 Å². The summed E-state index contributed by atoms with van der Waals surface area (Å²) in [7, 11) is 1.84. The van der Waals surface area contributed by atoms with Crippen molar-refractivity contribution in [1.82, 2.24) is 15.0 Å². The molecule has 0 spiro atoms. The molecule has 0 amide bonds. The Labute approximate surface area is 151 Å². The Balaban J connectivity index is 1.84. The minimum Gasteiger partial charge on any atom is -0.493 e. The number of rotatable bonds is 7. The maximum Gasteiger partial charge on any atom is 0.241 e. The second-order valence-electron chi connectivity index (χ2n) is 6.04. The van der Waals surface area contributed by atoms with E-state index in [0.29, 0.717) is 35.8 Å². The van der Waals surface area contributed by atoms with E-state index in [1.807, 2.05) is 11.9 Å². The number of aromatic nitrogens is 3. The van der Waals surface area contributed by atoms with Gasteiger partial charge in [0, 0.05) is 19.2 Å². The predicted molar refractivity (Wildman–Crippen MR) is 97.9 cm³/mol. The molecule has 1 aromatic carbocycles. The number of halogens is 1. The van der Waals surface area contributed by atoms with E-state index in [1.54, 1.807) is 18.2 Å². The summed E-state index contributed by atoms with van der Waals surface area (Å²) >= 11 is 0. The molecule has 0 aliphatic rings. The van der Waals surface area contributed by atoms with Crippen LogP contribution >= 0.6 is 0 Å². The Kier molecular flexibility index (Phi) is 5.46. The average Bonchev–Trinajstić information content (AvgIpc) is 2.64. The van der Waals surface area contributed by atoms with E-state index >= 15 is 0 Å². The molecule has 1 N–H and O–H groups in total. The molecule has 0 saturated carbocycles. The smallest absolute Gasteiger partial charge is 0.241 e. The van der Waals surface area contributed by atoms with Crippen molar-refractivity contribution < 1.29 is 14.2 Å². The molecule has 2 heterocycles. The summed E-state index contributed by atoms with van der Waals surface area (Å²) in [5, 5.41) is 9.87. The molecule has 2 aromatic heterocycles. The number of benzene rings is 1. The number of hydrogen-bond donors (Lipinski definition) is 1. The zero-order valence-electron chi connectivity index (χ0n) is 14.8. The van der Waals surface area contributed by atoms with Crippen molar-refractivity contribution in [1.29, 1.82) is 0 Å². The Morgan fingerprint density at radius 2 is 2.04 bits per heavy atom. The van der Waals surface area contributed by atoms with Gasteiger partial charge in [0.15, 0.2) is 5.52 Å². The largest absolute Gasteiger partial charge is 0.493 e. The summed E-state index contributed by atoms with van der Waals surface area (Å²) in [6.45, 7) is 3.09. The lowest BCUT2D eigenvalue weighted by atomic mass is 10.2. The summed E-state index contributed by atoms with van der Waals surface area (Å²) in [5.41, 5.74) is 1.62. The normalized spacial score (nSPS) is 10.9. The Morgan fingerprint density at radius 1 is 1.19 bits per heavy atom. The van der Waals surface area contributed by atoms with Crippen LogP contribution in [0.25, 0.3) is 11.0 Å². The average molecular weight is 356 g/mol. The molecule has 0 atom stereocenters. The summed E-state index contributed by atoms with van der Waals surface area (Å²) in [6, 6.07) is 8.08. The zero-order chi connectivity index (χ0) is 18.5. The zero-order valence-corrected chi connectivity index (χ0v) is 14.8. The Bertz CT molecular complexity index is 904. The number of fused-ring (bicyclic) bond motifs is 1. The quantitative estimate of drug-likeness (QED) is 0.651. The monoisotopic (exact) mass is 356 g/mol. The molecule has 3 aromatic rings. The molecule has 136 valence electrons. The van der Waals surface area contributed by atoms with Crippen molar-refractivity contribution in [2.45, 2.75) is 26.3 Å². The van der Waals surface area contributed by atoms with Crippen molar-refractivity contribution >= 4 is 16.9 Å². The molecule has 0 aliphatic heterocycles. The lowest BCUT2D eigenvalue weighted by molar-refractivity contribution is 0.305. The van der Waals surface area contributed by atoms with Gasteiger partial charge in [-0.05, 0) is 36.8 Å². The highest BCUT2D eigenvalue weighted by Gasteiger charge is 2.12. The van der Waals surface area contributed by atoms with E-state index < -0.39 is 0 Å². The third kappa shape index (κ3) is 3.99. The van der Waals surface area contributed by atoms with Gasteiger partial charge in [0.05, 0.1) is 12.1 Å². The first-order valence-corrected chi connectivity index (χ1v) is 8.51. The fourth-order valence-corrected chi connectivity index (χ4v) is 2.61. The van der Waals surface area contributed by atoms with Gasteiger partial charge in [-0.2, -0.15) is 0 Å². The van der Waals surface area contributed by atoms with Gasteiger partial charge < -0.3 is 14.7 Å². The molecular weight excluding hydrogens is 335 g/mol. The molecular formula is C19H21FN4O2. The lowest BCUT2D eigenvalue weighted by Crippen LogP contribution is -2.18. The van der Waals surface area contributed by atoms with Gasteiger partial charge in [0.25, 0.3) is 0 Å². The molecule has 0 aliphatic carbocycles. The molecule has 0 fully saturated rings. The Morgan fingerprint density at radius 3 is 2.85 bits per heavy atom. The van der Waals surface area contributed by atoms with Crippen LogP contribution in [0.4, 0.5) is 10.2 Å². The van der Waals surface area contributed by atoms with Crippen LogP contribution in [0.5, 0.6) is 11.6 Å². The number of anilines is 1. The highest BCUT2D eigenvalue weighted by molar-refractivity contribution is 5.80. The van der Waals surface area contributed by atoms with E-state index in [-0.39, 0.29) is 11.7 Å². The van der Waals surface area contributed by atoms with Crippen molar-refractivity contribution in [2.24, 2.45) is 0 Å². The van der Waals surface area contributed by atoms with Crippen molar-refractivity contribution in [2.75, 3.05) is 18.6 Å². The van der Waals surface area contributed by atoms with Crippen LogP contribution < -0.4 is 9.64 Å².